The minimum atomic E-state index is 0.0882. The lowest BCUT2D eigenvalue weighted by molar-refractivity contribution is 0.0936. The molecule has 26 heavy (non-hydrogen) atoms. The van der Waals surface area contributed by atoms with Crippen molar-refractivity contribution >= 4 is 17.2 Å². The third-order valence-electron chi connectivity index (χ3n) is 5.20. The Bertz CT molecular complexity index is 746. The monoisotopic (exact) mass is 375 g/mol. The highest BCUT2D eigenvalue weighted by molar-refractivity contribution is 7.10. The molecule has 3 rings (SSSR count). The van der Waals surface area contributed by atoms with Gasteiger partial charge in [0, 0.05) is 41.5 Å². The predicted molar refractivity (Wildman–Crippen MR) is 105 cm³/mol. The standard InChI is InChI=1S/C20H29N3O2S/c1-5-6-7-13(2)21-20(24)18-12-26-19-11-23(9-8-16(18)19)10-17-14(3)22-25-15(17)4/h12-13H,5-11H2,1-4H3,(H,21,24)/t13-/m1/s1. The van der Waals surface area contributed by atoms with E-state index in [0.29, 0.717) is 0 Å². The van der Waals surface area contributed by atoms with Gasteiger partial charge in [0.1, 0.15) is 5.76 Å². The summed E-state index contributed by atoms with van der Waals surface area (Å²) in [5.74, 6) is 0.992. The van der Waals surface area contributed by atoms with Gasteiger partial charge in [0.05, 0.1) is 11.3 Å². The van der Waals surface area contributed by atoms with E-state index in [9.17, 15) is 4.79 Å². The molecular weight excluding hydrogens is 346 g/mol. The fourth-order valence-corrected chi connectivity index (χ4v) is 4.66. The Morgan fingerprint density at radius 1 is 1.46 bits per heavy atom. The van der Waals surface area contributed by atoms with E-state index in [1.807, 2.05) is 19.2 Å². The zero-order valence-electron chi connectivity index (χ0n) is 16.2. The molecule has 1 aliphatic rings. The number of aromatic nitrogens is 1. The van der Waals surface area contributed by atoms with Crippen LogP contribution in [0.1, 0.15) is 70.9 Å². The van der Waals surface area contributed by atoms with Crippen LogP contribution in [-0.4, -0.2) is 28.6 Å². The van der Waals surface area contributed by atoms with Gasteiger partial charge in [-0.3, -0.25) is 9.69 Å². The summed E-state index contributed by atoms with van der Waals surface area (Å²) in [6.45, 7) is 10.9. The van der Waals surface area contributed by atoms with E-state index in [-0.39, 0.29) is 11.9 Å². The molecule has 1 atom stereocenters. The van der Waals surface area contributed by atoms with Crippen LogP contribution in [0.4, 0.5) is 0 Å². The van der Waals surface area contributed by atoms with Gasteiger partial charge in [-0.2, -0.15) is 0 Å². The first-order chi connectivity index (χ1) is 12.5. The van der Waals surface area contributed by atoms with Crippen LogP contribution < -0.4 is 5.32 Å². The SMILES string of the molecule is CCCC[C@@H](C)NC(=O)c1csc2c1CCN(Cc1c(C)noc1C)C2. The average molecular weight is 376 g/mol. The fraction of sp³-hybridized carbons (Fsp3) is 0.600. The van der Waals surface area contributed by atoms with Crippen molar-refractivity contribution in [2.45, 2.75) is 72.5 Å². The second kappa shape index (κ2) is 8.35. The Morgan fingerprint density at radius 2 is 2.27 bits per heavy atom. The maximum Gasteiger partial charge on any atom is 0.252 e. The van der Waals surface area contributed by atoms with Gasteiger partial charge >= 0.3 is 0 Å². The van der Waals surface area contributed by atoms with Gasteiger partial charge in [-0.05, 0) is 39.2 Å². The summed E-state index contributed by atoms with van der Waals surface area (Å²) < 4.78 is 5.28. The summed E-state index contributed by atoms with van der Waals surface area (Å²) in [6.07, 6.45) is 4.28. The molecule has 0 unspecified atom stereocenters. The molecular formula is C20H29N3O2S. The van der Waals surface area contributed by atoms with Gasteiger partial charge in [-0.25, -0.2) is 0 Å². The van der Waals surface area contributed by atoms with E-state index in [4.69, 9.17) is 4.52 Å². The lowest BCUT2D eigenvalue weighted by atomic mass is 10.0. The molecule has 0 saturated heterocycles. The third-order valence-corrected chi connectivity index (χ3v) is 6.22. The number of hydrogen-bond acceptors (Lipinski definition) is 5. The van der Waals surface area contributed by atoms with Crippen molar-refractivity contribution in [2.24, 2.45) is 0 Å². The van der Waals surface area contributed by atoms with Crippen LogP contribution in [0.3, 0.4) is 0 Å². The van der Waals surface area contributed by atoms with Crippen LogP contribution >= 0.6 is 11.3 Å². The summed E-state index contributed by atoms with van der Waals surface area (Å²) >= 11 is 1.71. The number of hydrogen-bond donors (Lipinski definition) is 1. The number of carbonyl (C=O) groups excluding carboxylic acids is 1. The van der Waals surface area contributed by atoms with E-state index in [2.05, 4.69) is 29.2 Å². The molecule has 1 aliphatic heterocycles. The van der Waals surface area contributed by atoms with Crippen molar-refractivity contribution in [2.75, 3.05) is 6.54 Å². The van der Waals surface area contributed by atoms with E-state index in [1.54, 1.807) is 11.3 Å². The molecule has 0 fully saturated rings. The van der Waals surface area contributed by atoms with E-state index in [0.717, 1.165) is 62.3 Å². The van der Waals surface area contributed by atoms with Crippen molar-refractivity contribution in [1.82, 2.24) is 15.4 Å². The topological polar surface area (TPSA) is 58.4 Å². The zero-order chi connectivity index (χ0) is 18.7. The summed E-state index contributed by atoms with van der Waals surface area (Å²) in [5, 5.41) is 9.25. The van der Waals surface area contributed by atoms with E-state index >= 15 is 0 Å². The predicted octanol–water partition coefficient (Wildman–Crippen LogP) is 4.22. The number of unbranched alkanes of at least 4 members (excludes halogenated alkanes) is 1. The molecule has 0 radical (unpaired) electrons. The van der Waals surface area contributed by atoms with Gasteiger partial charge < -0.3 is 9.84 Å². The number of thiophene rings is 1. The van der Waals surface area contributed by atoms with Crippen molar-refractivity contribution in [3.05, 3.63) is 38.4 Å². The number of fused-ring (bicyclic) bond motifs is 1. The summed E-state index contributed by atoms with van der Waals surface area (Å²) in [4.78, 5) is 16.4. The first-order valence-corrected chi connectivity index (χ1v) is 10.4. The van der Waals surface area contributed by atoms with E-state index < -0.39 is 0 Å². The van der Waals surface area contributed by atoms with Gasteiger partial charge in [0.15, 0.2) is 0 Å². The Kier molecular flexibility index (Phi) is 6.14. The molecule has 6 heteroatoms. The quantitative estimate of drug-likeness (QED) is 0.787. The van der Waals surface area contributed by atoms with Gasteiger partial charge in [-0.15, -0.1) is 11.3 Å². The molecule has 0 aliphatic carbocycles. The Labute approximate surface area is 159 Å². The van der Waals surface area contributed by atoms with E-state index in [1.165, 1.54) is 16.0 Å². The molecule has 3 heterocycles. The van der Waals surface area contributed by atoms with Crippen molar-refractivity contribution in [3.8, 4) is 0 Å². The second-order valence-corrected chi connectivity index (χ2v) is 8.30. The summed E-state index contributed by atoms with van der Waals surface area (Å²) in [6, 6.07) is 0.234. The molecule has 1 amide bonds. The smallest absolute Gasteiger partial charge is 0.252 e. The molecule has 1 N–H and O–H groups in total. The number of aryl methyl sites for hydroxylation is 2. The number of rotatable bonds is 7. The van der Waals surface area contributed by atoms with Crippen LogP contribution in [0.5, 0.6) is 0 Å². The van der Waals surface area contributed by atoms with Crippen LogP contribution in [-0.2, 0) is 19.5 Å². The highest BCUT2D eigenvalue weighted by atomic mass is 32.1. The van der Waals surface area contributed by atoms with Crippen molar-refractivity contribution in [1.29, 1.82) is 0 Å². The summed E-state index contributed by atoms with van der Waals surface area (Å²) in [5.41, 5.74) is 4.28. The molecule has 0 saturated carbocycles. The Hall–Kier alpha value is -1.66. The number of nitrogens with zero attached hydrogens (tertiary/aromatic N) is 2. The van der Waals surface area contributed by atoms with Crippen molar-refractivity contribution in [3.63, 3.8) is 0 Å². The lowest BCUT2D eigenvalue weighted by Gasteiger charge is -2.27. The Balaban J connectivity index is 1.64. The summed E-state index contributed by atoms with van der Waals surface area (Å²) in [7, 11) is 0. The molecule has 5 nitrogen and oxygen atoms in total. The number of carbonyl (C=O) groups is 1. The van der Waals surface area contributed by atoms with Gasteiger partial charge in [-0.1, -0.05) is 24.9 Å². The maximum atomic E-state index is 12.6. The van der Waals surface area contributed by atoms with Gasteiger partial charge in [0.25, 0.3) is 5.91 Å². The molecule has 142 valence electrons. The van der Waals surface area contributed by atoms with Crippen molar-refractivity contribution < 1.29 is 9.32 Å². The highest BCUT2D eigenvalue weighted by Gasteiger charge is 2.25. The molecule has 0 bridgehead atoms. The van der Waals surface area contributed by atoms with Gasteiger partial charge in [0.2, 0.25) is 0 Å². The van der Waals surface area contributed by atoms with Crippen LogP contribution in [0.15, 0.2) is 9.90 Å². The molecule has 0 aromatic carbocycles. The van der Waals surface area contributed by atoms with Crippen LogP contribution in [0, 0.1) is 13.8 Å². The minimum Gasteiger partial charge on any atom is -0.361 e. The third kappa shape index (κ3) is 4.18. The van der Waals surface area contributed by atoms with Crippen LogP contribution in [0.2, 0.25) is 0 Å². The Morgan fingerprint density at radius 3 is 2.96 bits per heavy atom. The molecule has 2 aromatic rings. The highest BCUT2D eigenvalue weighted by Crippen LogP contribution is 2.30. The number of amides is 1. The lowest BCUT2D eigenvalue weighted by Crippen LogP contribution is -2.34. The minimum absolute atomic E-state index is 0.0882. The normalized spacial score (nSPS) is 15.7. The zero-order valence-corrected chi connectivity index (χ0v) is 17.0. The van der Waals surface area contributed by atoms with Crippen LogP contribution in [0.25, 0.3) is 0 Å². The maximum absolute atomic E-state index is 12.6. The number of nitrogens with one attached hydrogen (secondary N) is 1. The second-order valence-electron chi connectivity index (χ2n) is 7.33. The average Bonchev–Trinajstić information content (AvgIpc) is 3.18. The molecule has 2 aromatic heterocycles. The largest absolute Gasteiger partial charge is 0.361 e. The molecule has 0 spiro atoms. The first-order valence-electron chi connectivity index (χ1n) is 9.53. The fourth-order valence-electron chi connectivity index (χ4n) is 3.54. The first kappa shape index (κ1) is 19.1.